The van der Waals surface area contributed by atoms with Crippen LogP contribution in [0.3, 0.4) is 0 Å². The first-order chi connectivity index (χ1) is 12.1. The molecule has 2 aromatic carbocycles. The fourth-order valence-electron chi connectivity index (χ4n) is 2.32. The van der Waals surface area contributed by atoms with Crippen LogP contribution in [0.25, 0.3) is 0 Å². The van der Waals surface area contributed by atoms with Crippen LogP contribution in [0.1, 0.15) is 21.5 Å². The summed E-state index contributed by atoms with van der Waals surface area (Å²) in [6.45, 7) is 1.86. The van der Waals surface area contributed by atoms with Crippen LogP contribution >= 0.6 is 11.8 Å². The monoisotopic (exact) mass is 350 g/mol. The van der Waals surface area contributed by atoms with Gasteiger partial charge in [-0.25, -0.2) is 0 Å². The molecule has 25 heavy (non-hydrogen) atoms. The largest absolute Gasteiger partial charge is 0.507 e. The zero-order valence-electron chi connectivity index (χ0n) is 13.8. The second-order valence-corrected chi connectivity index (χ2v) is 6.70. The molecular formula is C20H18N2O2S. The van der Waals surface area contributed by atoms with Crippen molar-refractivity contribution >= 4 is 23.4 Å². The molecule has 0 bridgehead atoms. The van der Waals surface area contributed by atoms with E-state index < -0.39 is 0 Å². The van der Waals surface area contributed by atoms with Crippen LogP contribution in [0, 0.1) is 6.92 Å². The molecule has 0 aliphatic carbocycles. The van der Waals surface area contributed by atoms with Crippen LogP contribution in [0.4, 0.5) is 5.69 Å². The van der Waals surface area contributed by atoms with Gasteiger partial charge in [0, 0.05) is 28.7 Å². The maximum atomic E-state index is 12.3. The summed E-state index contributed by atoms with van der Waals surface area (Å²) in [5.74, 6) is 0.506. The molecule has 0 unspecified atom stereocenters. The van der Waals surface area contributed by atoms with E-state index in [4.69, 9.17) is 0 Å². The number of amides is 1. The molecule has 4 nitrogen and oxygen atoms in total. The minimum absolute atomic E-state index is 0.0128. The van der Waals surface area contributed by atoms with Crippen molar-refractivity contribution < 1.29 is 9.90 Å². The predicted octanol–water partition coefficient (Wildman–Crippen LogP) is 4.64. The number of aryl methyl sites for hydroxylation is 1. The zero-order valence-corrected chi connectivity index (χ0v) is 14.6. The minimum atomic E-state index is -0.326. The lowest BCUT2D eigenvalue weighted by atomic mass is 10.1. The SMILES string of the molecule is Cc1ccc(C(=O)Nc2ccc(SCc3cccnc3)cc2)c(O)c1. The highest BCUT2D eigenvalue weighted by molar-refractivity contribution is 7.98. The van der Waals surface area contributed by atoms with E-state index in [1.54, 1.807) is 36.2 Å². The number of phenolic OH excluding ortho intramolecular Hbond substituents is 1. The van der Waals surface area contributed by atoms with Crippen molar-refractivity contribution in [3.05, 3.63) is 83.7 Å². The first kappa shape index (κ1) is 17.0. The van der Waals surface area contributed by atoms with Gasteiger partial charge in [-0.1, -0.05) is 12.1 Å². The first-order valence-corrected chi connectivity index (χ1v) is 8.83. The molecule has 0 saturated carbocycles. The lowest BCUT2D eigenvalue weighted by molar-refractivity contribution is 0.102. The molecule has 3 aromatic rings. The summed E-state index contributed by atoms with van der Waals surface area (Å²) in [5.41, 5.74) is 3.03. The van der Waals surface area contributed by atoms with E-state index in [0.717, 1.165) is 16.2 Å². The Morgan fingerprint density at radius 3 is 2.64 bits per heavy atom. The molecule has 0 saturated heterocycles. The number of nitrogens with zero attached hydrogens (tertiary/aromatic N) is 1. The normalized spacial score (nSPS) is 10.4. The van der Waals surface area contributed by atoms with Gasteiger partial charge < -0.3 is 10.4 Å². The standard InChI is InChI=1S/C20H18N2O2S/c1-14-4-9-18(19(23)11-14)20(24)22-16-5-7-17(8-6-16)25-13-15-3-2-10-21-12-15/h2-12,23H,13H2,1H3,(H,22,24). The lowest BCUT2D eigenvalue weighted by Gasteiger charge is -2.08. The molecular weight excluding hydrogens is 332 g/mol. The quantitative estimate of drug-likeness (QED) is 0.658. The summed E-state index contributed by atoms with van der Waals surface area (Å²) in [6, 6.07) is 16.6. The smallest absolute Gasteiger partial charge is 0.259 e. The summed E-state index contributed by atoms with van der Waals surface area (Å²) >= 11 is 1.71. The topological polar surface area (TPSA) is 62.2 Å². The third kappa shape index (κ3) is 4.61. The second kappa shape index (κ2) is 7.85. The fourth-order valence-corrected chi connectivity index (χ4v) is 3.15. The van der Waals surface area contributed by atoms with Gasteiger partial charge in [-0.05, 0) is 60.5 Å². The molecule has 1 aromatic heterocycles. The van der Waals surface area contributed by atoms with Crippen molar-refractivity contribution in [1.82, 2.24) is 4.98 Å². The molecule has 0 fully saturated rings. The molecule has 0 aliphatic heterocycles. The first-order valence-electron chi connectivity index (χ1n) is 7.84. The van der Waals surface area contributed by atoms with E-state index in [-0.39, 0.29) is 17.2 Å². The highest BCUT2D eigenvalue weighted by Gasteiger charge is 2.11. The summed E-state index contributed by atoms with van der Waals surface area (Å²) in [7, 11) is 0. The zero-order chi connectivity index (χ0) is 17.6. The highest BCUT2D eigenvalue weighted by Crippen LogP contribution is 2.25. The van der Waals surface area contributed by atoms with Gasteiger partial charge in [0.2, 0.25) is 0 Å². The molecule has 3 rings (SSSR count). The van der Waals surface area contributed by atoms with Gasteiger partial charge in [-0.2, -0.15) is 0 Å². The summed E-state index contributed by atoms with van der Waals surface area (Å²) in [4.78, 5) is 17.5. The maximum absolute atomic E-state index is 12.3. The second-order valence-electron chi connectivity index (χ2n) is 5.65. The molecule has 1 heterocycles. The Balaban J connectivity index is 1.61. The van der Waals surface area contributed by atoms with E-state index in [0.29, 0.717) is 5.69 Å². The summed E-state index contributed by atoms with van der Waals surface area (Å²) in [6.07, 6.45) is 3.62. The van der Waals surface area contributed by atoms with Crippen molar-refractivity contribution in [3.63, 3.8) is 0 Å². The van der Waals surface area contributed by atoms with Gasteiger partial charge in [0.1, 0.15) is 5.75 Å². The number of hydrogen-bond acceptors (Lipinski definition) is 4. The number of nitrogens with one attached hydrogen (secondary N) is 1. The number of benzene rings is 2. The van der Waals surface area contributed by atoms with Crippen LogP contribution in [-0.2, 0) is 5.75 Å². The van der Waals surface area contributed by atoms with Crippen molar-refractivity contribution in [2.45, 2.75) is 17.6 Å². The van der Waals surface area contributed by atoms with Crippen molar-refractivity contribution in [2.24, 2.45) is 0 Å². The number of pyridine rings is 1. The van der Waals surface area contributed by atoms with Crippen molar-refractivity contribution in [2.75, 3.05) is 5.32 Å². The Morgan fingerprint density at radius 2 is 1.96 bits per heavy atom. The Labute approximate surface area is 150 Å². The van der Waals surface area contributed by atoms with Crippen molar-refractivity contribution in [3.8, 4) is 5.75 Å². The number of carbonyl (C=O) groups is 1. The third-order valence-corrected chi connectivity index (χ3v) is 4.72. The van der Waals surface area contributed by atoms with Crippen LogP contribution < -0.4 is 5.32 Å². The number of anilines is 1. The molecule has 126 valence electrons. The molecule has 0 atom stereocenters. The van der Waals surface area contributed by atoms with Crippen LogP contribution in [-0.4, -0.2) is 16.0 Å². The average Bonchev–Trinajstić information content (AvgIpc) is 2.62. The van der Waals surface area contributed by atoms with E-state index >= 15 is 0 Å². The number of rotatable bonds is 5. The number of hydrogen-bond donors (Lipinski definition) is 2. The number of carbonyl (C=O) groups excluding carboxylic acids is 1. The van der Waals surface area contributed by atoms with Gasteiger partial charge in [0.25, 0.3) is 5.91 Å². The molecule has 1 amide bonds. The number of aromatic hydroxyl groups is 1. The van der Waals surface area contributed by atoms with Crippen LogP contribution in [0.5, 0.6) is 5.75 Å². The van der Waals surface area contributed by atoms with E-state index in [9.17, 15) is 9.90 Å². The van der Waals surface area contributed by atoms with E-state index in [1.807, 2.05) is 49.5 Å². The van der Waals surface area contributed by atoms with E-state index in [1.165, 1.54) is 5.56 Å². The molecule has 5 heteroatoms. The van der Waals surface area contributed by atoms with Gasteiger partial charge in [0.15, 0.2) is 0 Å². The number of aromatic nitrogens is 1. The Bertz CT molecular complexity index is 865. The Kier molecular flexibility index (Phi) is 5.36. The molecule has 2 N–H and O–H groups in total. The molecule has 0 radical (unpaired) electrons. The number of phenols is 1. The Morgan fingerprint density at radius 1 is 1.16 bits per heavy atom. The van der Waals surface area contributed by atoms with Crippen LogP contribution in [0.2, 0.25) is 0 Å². The van der Waals surface area contributed by atoms with Crippen LogP contribution in [0.15, 0.2) is 71.9 Å². The summed E-state index contributed by atoms with van der Waals surface area (Å²) < 4.78 is 0. The Hall–Kier alpha value is -2.79. The maximum Gasteiger partial charge on any atom is 0.259 e. The van der Waals surface area contributed by atoms with Gasteiger partial charge in [-0.3, -0.25) is 9.78 Å². The van der Waals surface area contributed by atoms with Gasteiger partial charge in [0.05, 0.1) is 5.56 Å². The molecule has 0 aliphatic rings. The summed E-state index contributed by atoms with van der Waals surface area (Å²) in [5, 5.41) is 12.7. The third-order valence-electron chi connectivity index (χ3n) is 3.64. The minimum Gasteiger partial charge on any atom is -0.507 e. The van der Waals surface area contributed by atoms with Gasteiger partial charge >= 0.3 is 0 Å². The molecule has 0 spiro atoms. The highest BCUT2D eigenvalue weighted by atomic mass is 32.2. The van der Waals surface area contributed by atoms with E-state index in [2.05, 4.69) is 10.3 Å². The van der Waals surface area contributed by atoms with Crippen molar-refractivity contribution in [1.29, 1.82) is 0 Å². The average molecular weight is 350 g/mol. The number of thioether (sulfide) groups is 1. The van der Waals surface area contributed by atoms with Gasteiger partial charge in [-0.15, -0.1) is 11.8 Å². The fraction of sp³-hybridized carbons (Fsp3) is 0.100. The predicted molar refractivity (Wildman–Crippen MR) is 101 cm³/mol. The lowest BCUT2D eigenvalue weighted by Crippen LogP contribution is -2.12.